The van der Waals surface area contributed by atoms with E-state index in [0.29, 0.717) is 28.1 Å². The topological polar surface area (TPSA) is 75.7 Å². The van der Waals surface area contributed by atoms with Gasteiger partial charge in [-0.15, -0.1) is 0 Å². The van der Waals surface area contributed by atoms with Crippen LogP contribution in [0, 0.1) is 13.8 Å². The highest BCUT2D eigenvalue weighted by Crippen LogP contribution is 2.28. The Morgan fingerprint density at radius 1 is 1.10 bits per heavy atom. The van der Waals surface area contributed by atoms with Crippen molar-refractivity contribution in [1.29, 1.82) is 0 Å². The summed E-state index contributed by atoms with van der Waals surface area (Å²) < 4.78 is 6.16. The van der Waals surface area contributed by atoms with Gasteiger partial charge in [0.15, 0.2) is 0 Å². The third-order valence-corrected chi connectivity index (χ3v) is 5.09. The predicted octanol–water partition coefficient (Wildman–Crippen LogP) is 4.30. The van der Waals surface area contributed by atoms with Crippen LogP contribution < -0.4 is 15.0 Å². The highest BCUT2D eigenvalue weighted by molar-refractivity contribution is 9.10. The molecule has 1 saturated heterocycles. The van der Waals surface area contributed by atoms with Crippen LogP contribution in [0.2, 0.25) is 0 Å². The molecule has 0 atom stereocenters. The molecule has 1 aliphatic rings. The highest BCUT2D eigenvalue weighted by Gasteiger charge is 2.36. The minimum atomic E-state index is -0.769. The van der Waals surface area contributed by atoms with Crippen LogP contribution in [0.15, 0.2) is 59.1 Å². The molecule has 0 aromatic heterocycles. The van der Waals surface area contributed by atoms with Crippen molar-refractivity contribution in [2.24, 2.45) is 0 Å². The Morgan fingerprint density at radius 2 is 1.86 bits per heavy atom. The first-order valence-electron chi connectivity index (χ1n) is 8.83. The summed E-state index contributed by atoms with van der Waals surface area (Å²) in [5.41, 5.74) is 2.85. The van der Waals surface area contributed by atoms with Gasteiger partial charge < -0.3 is 4.74 Å². The van der Waals surface area contributed by atoms with Crippen LogP contribution >= 0.6 is 15.9 Å². The number of halogens is 1. The van der Waals surface area contributed by atoms with E-state index in [0.717, 1.165) is 16.0 Å². The lowest BCUT2D eigenvalue weighted by molar-refractivity contribution is -0.122. The van der Waals surface area contributed by atoms with Crippen LogP contribution in [0.5, 0.6) is 5.75 Å². The lowest BCUT2D eigenvalue weighted by Gasteiger charge is -2.26. The summed E-state index contributed by atoms with van der Waals surface area (Å²) in [6.07, 6.45) is 3.08. The predicted molar refractivity (Wildman–Crippen MR) is 115 cm³/mol. The number of imide groups is 2. The summed E-state index contributed by atoms with van der Waals surface area (Å²) in [7, 11) is 0. The minimum Gasteiger partial charge on any atom is -0.488 e. The third kappa shape index (κ3) is 4.30. The molecule has 1 fully saturated rings. The SMILES string of the molecule is C=CCOc1ccc(/C=C2\C(=O)NC(=O)N(c3ccc(C)c(C)c3)C2=O)cc1Br. The van der Waals surface area contributed by atoms with E-state index in [9.17, 15) is 14.4 Å². The number of nitrogens with zero attached hydrogens (tertiary/aromatic N) is 1. The van der Waals surface area contributed by atoms with Gasteiger partial charge in [0.2, 0.25) is 0 Å². The molecule has 2 aromatic carbocycles. The van der Waals surface area contributed by atoms with E-state index < -0.39 is 17.8 Å². The second-order valence-electron chi connectivity index (χ2n) is 6.52. The number of ether oxygens (including phenoxy) is 1. The largest absolute Gasteiger partial charge is 0.488 e. The molecular weight excluding hydrogens is 436 g/mol. The molecule has 0 radical (unpaired) electrons. The maximum absolute atomic E-state index is 13.0. The zero-order chi connectivity index (χ0) is 21.1. The Labute approximate surface area is 177 Å². The van der Waals surface area contributed by atoms with E-state index in [4.69, 9.17) is 4.74 Å². The fraction of sp³-hybridized carbons (Fsp3) is 0.136. The smallest absolute Gasteiger partial charge is 0.335 e. The van der Waals surface area contributed by atoms with E-state index in [1.54, 1.807) is 36.4 Å². The van der Waals surface area contributed by atoms with E-state index in [1.165, 1.54) is 6.08 Å². The Morgan fingerprint density at radius 3 is 2.52 bits per heavy atom. The Balaban J connectivity index is 1.96. The number of benzene rings is 2. The zero-order valence-corrected chi connectivity index (χ0v) is 17.6. The number of carbonyl (C=O) groups is 3. The molecular formula is C22H19BrN2O4. The normalized spacial score (nSPS) is 15.5. The first kappa shape index (κ1) is 20.5. The van der Waals surface area contributed by atoms with Crippen molar-refractivity contribution in [3.8, 4) is 5.75 Å². The third-order valence-electron chi connectivity index (χ3n) is 4.47. The summed E-state index contributed by atoms with van der Waals surface area (Å²) in [6, 6.07) is 9.63. The Hall–Kier alpha value is -3.19. The number of anilines is 1. The second-order valence-corrected chi connectivity index (χ2v) is 7.37. The summed E-state index contributed by atoms with van der Waals surface area (Å²) in [5, 5.41) is 2.23. The van der Waals surface area contributed by atoms with Crippen LogP contribution in [0.1, 0.15) is 16.7 Å². The van der Waals surface area contributed by atoms with Crippen LogP contribution in [0.3, 0.4) is 0 Å². The molecule has 1 aliphatic heterocycles. The maximum atomic E-state index is 13.0. The van der Waals surface area contributed by atoms with Gasteiger partial charge in [0.25, 0.3) is 11.8 Å². The highest BCUT2D eigenvalue weighted by atomic mass is 79.9. The van der Waals surface area contributed by atoms with E-state index >= 15 is 0 Å². The number of carbonyl (C=O) groups excluding carboxylic acids is 3. The number of barbiturate groups is 1. The Kier molecular flexibility index (Phi) is 5.98. The van der Waals surface area contributed by atoms with Gasteiger partial charge in [-0.3, -0.25) is 14.9 Å². The van der Waals surface area contributed by atoms with Crippen molar-refractivity contribution in [2.75, 3.05) is 11.5 Å². The van der Waals surface area contributed by atoms with Gasteiger partial charge in [-0.05, 0) is 76.8 Å². The average Bonchev–Trinajstić information content (AvgIpc) is 2.67. The van der Waals surface area contributed by atoms with Crippen LogP contribution in [0.25, 0.3) is 6.08 Å². The molecule has 1 N–H and O–H groups in total. The molecule has 148 valence electrons. The molecule has 0 spiro atoms. The maximum Gasteiger partial charge on any atom is 0.335 e. The van der Waals surface area contributed by atoms with Gasteiger partial charge in [-0.1, -0.05) is 24.8 Å². The van der Waals surface area contributed by atoms with E-state index in [-0.39, 0.29) is 5.57 Å². The fourth-order valence-electron chi connectivity index (χ4n) is 2.80. The lowest BCUT2D eigenvalue weighted by Crippen LogP contribution is -2.54. The Bertz CT molecular complexity index is 1060. The molecule has 29 heavy (non-hydrogen) atoms. The summed E-state index contributed by atoms with van der Waals surface area (Å²) in [4.78, 5) is 38.6. The van der Waals surface area contributed by atoms with Crippen LogP contribution in [-0.2, 0) is 9.59 Å². The quantitative estimate of drug-likeness (QED) is 0.415. The van der Waals surface area contributed by atoms with Gasteiger partial charge >= 0.3 is 6.03 Å². The van der Waals surface area contributed by atoms with Crippen molar-refractivity contribution < 1.29 is 19.1 Å². The standard InChI is InChI=1S/C22H19BrN2O4/c1-4-9-29-19-8-6-15(12-18(19)23)11-17-20(26)24-22(28)25(21(17)27)16-7-5-13(2)14(3)10-16/h4-8,10-12H,1,9H2,2-3H3,(H,24,26,28)/b17-11+. The van der Waals surface area contributed by atoms with Gasteiger partial charge in [0, 0.05) is 0 Å². The molecule has 1 heterocycles. The van der Waals surface area contributed by atoms with E-state index in [1.807, 2.05) is 19.9 Å². The molecule has 2 aromatic rings. The summed E-state index contributed by atoms with van der Waals surface area (Å²) >= 11 is 3.41. The number of hydrogen-bond acceptors (Lipinski definition) is 4. The molecule has 3 rings (SSSR count). The van der Waals surface area contributed by atoms with Crippen molar-refractivity contribution in [3.63, 3.8) is 0 Å². The fourth-order valence-corrected chi connectivity index (χ4v) is 3.31. The first-order valence-corrected chi connectivity index (χ1v) is 9.63. The monoisotopic (exact) mass is 454 g/mol. The second kappa shape index (κ2) is 8.45. The summed E-state index contributed by atoms with van der Waals surface area (Å²) in [6.45, 7) is 7.78. The van der Waals surface area contributed by atoms with Crippen LogP contribution in [-0.4, -0.2) is 24.5 Å². The lowest BCUT2D eigenvalue weighted by atomic mass is 10.1. The minimum absolute atomic E-state index is 0.130. The number of nitrogens with one attached hydrogen (secondary N) is 1. The molecule has 0 bridgehead atoms. The summed E-state index contributed by atoms with van der Waals surface area (Å²) in [5.74, 6) is -0.799. The number of rotatable bonds is 5. The number of urea groups is 1. The average molecular weight is 455 g/mol. The molecule has 0 saturated carbocycles. The molecule has 7 heteroatoms. The number of amides is 4. The zero-order valence-electron chi connectivity index (χ0n) is 16.0. The number of aryl methyl sites for hydroxylation is 2. The van der Waals surface area contributed by atoms with Crippen molar-refractivity contribution >= 4 is 45.5 Å². The molecule has 0 unspecified atom stereocenters. The van der Waals surface area contributed by atoms with Crippen LogP contribution in [0.4, 0.5) is 10.5 Å². The molecule has 6 nitrogen and oxygen atoms in total. The van der Waals surface area contributed by atoms with Crippen molar-refractivity contribution in [1.82, 2.24) is 5.32 Å². The molecule has 4 amide bonds. The molecule has 0 aliphatic carbocycles. The van der Waals surface area contributed by atoms with Gasteiger partial charge in [0.05, 0.1) is 10.2 Å². The van der Waals surface area contributed by atoms with E-state index in [2.05, 4.69) is 27.8 Å². The van der Waals surface area contributed by atoms with Gasteiger partial charge in [-0.2, -0.15) is 0 Å². The first-order chi connectivity index (χ1) is 13.8. The number of hydrogen-bond donors (Lipinski definition) is 1. The van der Waals surface area contributed by atoms with Gasteiger partial charge in [0.1, 0.15) is 17.9 Å². The van der Waals surface area contributed by atoms with Gasteiger partial charge in [-0.25, -0.2) is 9.69 Å². The van der Waals surface area contributed by atoms with Crippen molar-refractivity contribution in [2.45, 2.75) is 13.8 Å². The van der Waals surface area contributed by atoms with Crippen molar-refractivity contribution in [3.05, 3.63) is 75.8 Å².